The Morgan fingerprint density at radius 1 is 1.46 bits per heavy atom. The molecule has 1 aromatic carbocycles. The molecule has 1 fully saturated rings. The first kappa shape index (κ1) is 18.9. The van der Waals surface area contributed by atoms with E-state index in [4.69, 9.17) is 4.74 Å². The van der Waals surface area contributed by atoms with Crippen molar-refractivity contribution in [2.45, 2.75) is 38.8 Å². The average Bonchev–Trinajstić information content (AvgIpc) is 2.56. The summed E-state index contributed by atoms with van der Waals surface area (Å²) in [4.78, 5) is 14.3. The highest BCUT2D eigenvalue weighted by atomic mass is 16.5. The maximum atomic E-state index is 12.2. The molecule has 2 rings (SSSR count). The minimum Gasteiger partial charge on any atom is -0.389 e. The number of aryl methyl sites for hydroxylation is 1. The smallest absolute Gasteiger partial charge is 0.234 e. The van der Waals surface area contributed by atoms with Crippen LogP contribution in [0.1, 0.15) is 30.9 Å². The van der Waals surface area contributed by atoms with Crippen LogP contribution in [0.2, 0.25) is 0 Å². The second-order valence-corrected chi connectivity index (χ2v) is 6.94. The first-order valence-electron chi connectivity index (χ1n) is 8.69. The number of carbonyl (C=O) groups excluding carboxylic acids is 1. The fourth-order valence-corrected chi connectivity index (χ4v) is 3.30. The van der Waals surface area contributed by atoms with Gasteiger partial charge in [0.2, 0.25) is 5.91 Å². The fraction of sp³-hybridized carbons (Fsp3) is 0.632. The van der Waals surface area contributed by atoms with Crippen LogP contribution in [0.15, 0.2) is 24.3 Å². The van der Waals surface area contributed by atoms with E-state index in [1.807, 2.05) is 25.1 Å². The third kappa shape index (κ3) is 5.03. The number of aliphatic hydroxyl groups is 1. The Bertz CT molecular complexity index is 549. The number of ether oxygens (including phenoxy) is 1. The Morgan fingerprint density at radius 2 is 2.21 bits per heavy atom. The second kappa shape index (κ2) is 8.60. The van der Waals surface area contributed by atoms with E-state index in [1.54, 1.807) is 7.11 Å². The molecule has 0 radical (unpaired) electrons. The summed E-state index contributed by atoms with van der Waals surface area (Å²) in [5.74, 6) is 0.165. The van der Waals surface area contributed by atoms with Gasteiger partial charge in [-0.25, -0.2) is 0 Å². The topological polar surface area (TPSA) is 61.8 Å². The summed E-state index contributed by atoms with van der Waals surface area (Å²) in [7, 11) is 1.65. The highest BCUT2D eigenvalue weighted by Crippen LogP contribution is 2.30. The van der Waals surface area contributed by atoms with Gasteiger partial charge in [-0.15, -0.1) is 0 Å². The minimum absolute atomic E-state index is 0.0350. The largest absolute Gasteiger partial charge is 0.389 e. The average molecular weight is 334 g/mol. The van der Waals surface area contributed by atoms with Gasteiger partial charge in [0.15, 0.2) is 0 Å². The number of nitrogens with zero attached hydrogens (tertiary/aromatic N) is 1. The van der Waals surface area contributed by atoms with Gasteiger partial charge in [0.05, 0.1) is 12.1 Å². The minimum atomic E-state index is -0.676. The molecule has 2 N–H and O–H groups in total. The number of likely N-dealkylation sites (tertiary alicyclic amines) is 1. The van der Waals surface area contributed by atoms with Crippen molar-refractivity contribution in [1.29, 1.82) is 0 Å². The molecule has 0 aliphatic carbocycles. The third-order valence-electron chi connectivity index (χ3n) is 5.15. The van der Waals surface area contributed by atoms with E-state index < -0.39 is 5.60 Å². The maximum absolute atomic E-state index is 12.2. The fourth-order valence-electron chi connectivity index (χ4n) is 3.30. The molecule has 134 valence electrons. The molecule has 1 aliphatic heterocycles. The van der Waals surface area contributed by atoms with E-state index in [1.165, 1.54) is 5.56 Å². The molecule has 5 nitrogen and oxygen atoms in total. The summed E-state index contributed by atoms with van der Waals surface area (Å²) in [5, 5.41) is 13.7. The van der Waals surface area contributed by atoms with Crippen molar-refractivity contribution in [2.24, 2.45) is 5.92 Å². The summed E-state index contributed by atoms with van der Waals surface area (Å²) in [5.41, 5.74) is 1.66. The van der Waals surface area contributed by atoms with Crippen LogP contribution in [0.4, 0.5) is 0 Å². The molecule has 0 aromatic heterocycles. The van der Waals surface area contributed by atoms with Crippen LogP contribution in [0.25, 0.3) is 0 Å². The van der Waals surface area contributed by atoms with Gasteiger partial charge in [0.1, 0.15) is 0 Å². The van der Waals surface area contributed by atoms with E-state index in [0.29, 0.717) is 32.5 Å². The van der Waals surface area contributed by atoms with Gasteiger partial charge in [0, 0.05) is 33.4 Å². The number of amides is 1. The van der Waals surface area contributed by atoms with Crippen LogP contribution in [-0.4, -0.2) is 54.9 Å². The molecular formula is C19H30N2O3. The number of carbonyl (C=O) groups is 1. The number of benzene rings is 1. The molecule has 1 amide bonds. The van der Waals surface area contributed by atoms with Crippen molar-refractivity contribution in [2.75, 3.05) is 33.4 Å². The first-order valence-corrected chi connectivity index (χ1v) is 8.69. The summed E-state index contributed by atoms with van der Waals surface area (Å²) in [6.07, 6.45) is 1.33. The lowest BCUT2D eigenvalue weighted by atomic mass is 9.80. The van der Waals surface area contributed by atoms with Crippen LogP contribution in [-0.2, 0) is 16.1 Å². The molecule has 24 heavy (non-hydrogen) atoms. The molecule has 0 spiro atoms. The number of hydrogen-bond acceptors (Lipinski definition) is 4. The monoisotopic (exact) mass is 334 g/mol. The zero-order chi connectivity index (χ0) is 17.6. The van der Waals surface area contributed by atoms with Crippen molar-refractivity contribution >= 4 is 5.91 Å². The normalized spacial score (nSPS) is 24.8. The predicted molar refractivity (Wildman–Crippen MR) is 94.7 cm³/mol. The molecule has 2 atom stereocenters. The molecule has 1 aliphatic rings. The van der Waals surface area contributed by atoms with Gasteiger partial charge in [-0.1, -0.05) is 31.2 Å². The summed E-state index contributed by atoms with van der Waals surface area (Å²) in [6, 6.07) is 8.07. The zero-order valence-electron chi connectivity index (χ0n) is 15.0. The van der Waals surface area contributed by atoms with E-state index in [2.05, 4.69) is 23.2 Å². The van der Waals surface area contributed by atoms with E-state index in [9.17, 15) is 9.90 Å². The lowest BCUT2D eigenvalue weighted by Crippen LogP contribution is -2.53. The van der Waals surface area contributed by atoms with E-state index in [-0.39, 0.29) is 11.8 Å². The molecule has 1 heterocycles. The Morgan fingerprint density at radius 3 is 2.88 bits per heavy atom. The van der Waals surface area contributed by atoms with Crippen LogP contribution in [0.5, 0.6) is 0 Å². The number of nitrogens with one attached hydrogen (secondary N) is 1. The summed E-state index contributed by atoms with van der Waals surface area (Å²) >= 11 is 0. The quantitative estimate of drug-likeness (QED) is 0.797. The van der Waals surface area contributed by atoms with Crippen molar-refractivity contribution < 1.29 is 14.6 Å². The second-order valence-electron chi connectivity index (χ2n) is 6.94. The van der Waals surface area contributed by atoms with Crippen molar-refractivity contribution in [3.8, 4) is 0 Å². The van der Waals surface area contributed by atoms with Crippen LogP contribution in [0.3, 0.4) is 0 Å². The van der Waals surface area contributed by atoms with Crippen LogP contribution < -0.4 is 5.32 Å². The molecule has 0 saturated carbocycles. The molecule has 5 heteroatoms. The maximum Gasteiger partial charge on any atom is 0.234 e. The Hall–Kier alpha value is -1.43. The number of rotatable bonds is 7. The van der Waals surface area contributed by atoms with E-state index >= 15 is 0 Å². The van der Waals surface area contributed by atoms with Gasteiger partial charge in [0.25, 0.3) is 0 Å². The standard InChI is InChI=1S/C19H30N2O3/c1-15-6-4-5-7-17(15)12-20-18(22)14-21-10-8-19(23,9-11-24-3)16(2)13-21/h4-7,16,23H,8-14H2,1-3H3,(H,20,22). The molecular weight excluding hydrogens is 304 g/mol. The molecule has 2 unspecified atom stereocenters. The Kier molecular flexibility index (Phi) is 6.78. The lowest BCUT2D eigenvalue weighted by molar-refractivity contribution is -0.125. The van der Waals surface area contributed by atoms with Crippen molar-refractivity contribution in [3.05, 3.63) is 35.4 Å². The predicted octanol–water partition coefficient (Wildman–Crippen LogP) is 1.72. The van der Waals surface area contributed by atoms with Crippen molar-refractivity contribution in [1.82, 2.24) is 10.2 Å². The molecule has 1 saturated heterocycles. The Labute approximate surface area is 145 Å². The number of piperidine rings is 1. The van der Waals surface area contributed by atoms with Gasteiger partial charge in [-0.3, -0.25) is 9.69 Å². The van der Waals surface area contributed by atoms with E-state index in [0.717, 1.165) is 18.7 Å². The number of hydrogen-bond donors (Lipinski definition) is 2. The number of methoxy groups -OCH3 is 1. The summed E-state index contributed by atoms with van der Waals surface area (Å²) in [6.45, 7) is 7.09. The first-order chi connectivity index (χ1) is 11.4. The van der Waals surface area contributed by atoms with Gasteiger partial charge < -0.3 is 15.2 Å². The SMILES string of the molecule is COCCC1(O)CCN(CC(=O)NCc2ccccc2C)CC1C. The van der Waals surface area contributed by atoms with Crippen LogP contribution in [0, 0.1) is 12.8 Å². The highest BCUT2D eigenvalue weighted by Gasteiger charge is 2.38. The molecule has 1 aromatic rings. The van der Waals surface area contributed by atoms with Crippen LogP contribution >= 0.6 is 0 Å². The highest BCUT2D eigenvalue weighted by molar-refractivity contribution is 5.78. The van der Waals surface area contributed by atoms with Crippen molar-refractivity contribution in [3.63, 3.8) is 0 Å². The summed E-state index contributed by atoms with van der Waals surface area (Å²) < 4.78 is 5.10. The van der Waals surface area contributed by atoms with Gasteiger partial charge in [-0.2, -0.15) is 0 Å². The zero-order valence-corrected chi connectivity index (χ0v) is 15.0. The third-order valence-corrected chi connectivity index (χ3v) is 5.15. The lowest BCUT2D eigenvalue weighted by Gasteiger charge is -2.43. The molecule has 0 bridgehead atoms. The van der Waals surface area contributed by atoms with Gasteiger partial charge >= 0.3 is 0 Å². The Balaban J connectivity index is 1.78. The van der Waals surface area contributed by atoms with Gasteiger partial charge in [-0.05, 0) is 36.8 Å².